The average Bonchev–Trinajstić information content (AvgIpc) is 2.55. The fraction of sp³-hybridized carbons (Fsp3) is 0.643. The van der Waals surface area contributed by atoms with Gasteiger partial charge in [0.25, 0.3) is 11.5 Å². The van der Waals surface area contributed by atoms with Crippen LogP contribution < -0.4 is 5.56 Å². The van der Waals surface area contributed by atoms with Crippen molar-refractivity contribution in [2.24, 2.45) is 0 Å². The molecule has 1 amide bonds. The lowest BCUT2D eigenvalue weighted by Crippen LogP contribution is -2.37. The number of rotatable bonds is 1. The van der Waals surface area contributed by atoms with Crippen molar-refractivity contribution in [3.63, 3.8) is 0 Å². The maximum Gasteiger partial charge on any atom is 0.277 e. The number of carbonyl (C=O) groups excluding carboxylic acids is 1. The second-order valence-corrected chi connectivity index (χ2v) is 5.78. The van der Waals surface area contributed by atoms with Crippen molar-refractivity contribution in [2.75, 3.05) is 13.1 Å². The zero-order valence-corrected chi connectivity index (χ0v) is 12.2. The highest BCUT2D eigenvalue weighted by Crippen LogP contribution is 2.22. The number of hydrogen-bond acceptors (Lipinski definition) is 4. The zero-order chi connectivity index (χ0) is 14.9. The van der Waals surface area contributed by atoms with E-state index in [0.717, 1.165) is 6.42 Å². The van der Waals surface area contributed by atoms with Crippen LogP contribution in [0.15, 0.2) is 4.79 Å². The minimum atomic E-state index is -0.731. The van der Waals surface area contributed by atoms with E-state index in [4.69, 9.17) is 0 Å². The summed E-state index contributed by atoms with van der Waals surface area (Å²) in [5, 5.41) is 16.3. The molecular weight excluding hydrogens is 258 g/mol. The van der Waals surface area contributed by atoms with E-state index in [9.17, 15) is 14.7 Å². The first-order valence-corrected chi connectivity index (χ1v) is 6.89. The van der Waals surface area contributed by atoms with Gasteiger partial charge in [0.1, 0.15) is 5.56 Å². The molecule has 0 saturated carbocycles. The standard InChI is InChI=1S/C14H21N3O3/c1-9-10(2)15-16-12(18)11(9)13(19)17-7-4-5-14(3,20)6-8-17/h20H,4-8H2,1-3H3,(H,16,18). The minimum Gasteiger partial charge on any atom is -0.390 e. The number of H-pyrrole nitrogens is 1. The second kappa shape index (κ2) is 5.36. The van der Waals surface area contributed by atoms with E-state index in [1.54, 1.807) is 25.7 Å². The Morgan fingerprint density at radius 3 is 2.75 bits per heavy atom. The van der Waals surface area contributed by atoms with Crippen LogP contribution in [-0.2, 0) is 0 Å². The predicted octanol–water partition coefficient (Wildman–Crippen LogP) is 0.764. The molecule has 2 heterocycles. The Kier molecular flexibility index (Phi) is 3.94. The smallest absolute Gasteiger partial charge is 0.277 e. The molecular formula is C14H21N3O3. The van der Waals surface area contributed by atoms with Crippen LogP contribution in [0.4, 0.5) is 0 Å². The van der Waals surface area contributed by atoms with Gasteiger partial charge in [-0.25, -0.2) is 5.10 Å². The molecule has 0 aliphatic carbocycles. The van der Waals surface area contributed by atoms with Crippen LogP contribution in [0.2, 0.25) is 0 Å². The number of likely N-dealkylation sites (tertiary alicyclic amines) is 1. The van der Waals surface area contributed by atoms with E-state index >= 15 is 0 Å². The van der Waals surface area contributed by atoms with Crippen molar-refractivity contribution in [1.82, 2.24) is 15.1 Å². The Bertz CT molecular complexity index is 578. The van der Waals surface area contributed by atoms with E-state index in [1.807, 2.05) is 0 Å². The SMILES string of the molecule is Cc1n[nH]c(=O)c(C(=O)N2CCCC(C)(O)CC2)c1C. The van der Waals surface area contributed by atoms with Gasteiger partial charge in [-0.15, -0.1) is 0 Å². The van der Waals surface area contributed by atoms with Gasteiger partial charge in [-0.1, -0.05) is 0 Å². The van der Waals surface area contributed by atoms with E-state index in [0.29, 0.717) is 37.2 Å². The van der Waals surface area contributed by atoms with Gasteiger partial charge in [0.15, 0.2) is 0 Å². The molecule has 1 aliphatic rings. The van der Waals surface area contributed by atoms with Gasteiger partial charge >= 0.3 is 0 Å². The van der Waals surface area contributed by atoms with Gasteiger partial charge in [0.05, 0.1) is 11.3 Å². The number of carbonyl (C=O) groups is 1. The molecule has 0 radical (unpaired) electrons. The maximum absolute atomic E-state index is 12.6. The largest absolute Gasteiger partial charge is 0.390 e. The lowest BCUT2D eigenvalue weighted by atomic mass is 9.98. The Labute approximate surface area is 117 Å². The summed E-state index contributed by atoms with van der Waals surface area (Å²) in [5.41, 5.74) is 0.252. The van der Waals surface area contributed by atoms with E-state index in [1.165, 1.54) is 0 Å². The summed E-state index contributed by atoms with van der Waals surface area (Å²) in [4.78, 5) is 26.1. The molecule has 6 nitrogen and oxygen atoms in total. The van der Waals surface area contributed by atoms with E-state index in [2.05, 4.69) is 10.2 Å². The Morgan fingerprint density at radius 2 is 2.05 bits per heavy atom. The van der Waals surface area contributed by atoms with Gasteiger partial charge in [-0.2, -0.15) is 5.10 Å². The minimum absolute atomic E-state index is 0.166. The summed E-state index contributed by atoms with van der Waals surface area (Å²) in [6, 6.07) is 0. The van der Waals surface area contributed by atoms with Crippen LogP contribution in [0.5, 0.6) is 0 Å². The molecule has 1 atom stereocenters. The average molecular weight is 279 g/mol. The number of amides is 1. The molecule has 0 bridgehead atoms. The van der Waals surface area contributed by atoms with Gasteiger partial charge in [-0.3, -0.25) is 9.59 Å². The second-order valence-electron chi connectivity index (χ2n) is 5.78. The fourth-order valence-corrected chi connectivity index (χ4v) is 2.51. The van der Waals surface area contributed by atoms with Crippen molar-refractivity contribution in [1.29, 1.82) is 0 Å². The van der Waals surface area contributed by atoms with Crippen LogP contribution in [0, 0.1) is 13.8 Å². The van der Waals surface area contributed by atoms with Crippen molar-refractivity contribution in [3.05, 3.63) is 27.2 Å². The van der Waals surface area contributed by atoms with Gasteiger partial charge in [0, 0.05) is 13.1 Å². The van der Waals surface area contributed by atoms with Crippen LogP contribution in [-0.4, -0.2) is 44.8 Å². The molecule has 1 fully saturated rings. The number of nitrogens with one attached hydrogen (secondary N) is 1. The first kappa shape index (κ1) is 14.7. The first-order chi connectivity index (χ1) is 9.32. The van der Waals surface area contributed by atoms with Crippen LogP contribution >= 0.6 is 0 Å². The first-order valence-electron chi connectivity index (χ1n) is 6.89. The summed E-state index contributed by atoms with van der Waals surface area (Å²) < 4.78 is 0. The molecule has 1 aromatic heterocycles. The van der Waals surface area contributed by atoms with Gasteiger partial charge < -0.3 is 10.0 Å². The third-order valence-electron chi connectivity index (χ3n) is 4.03. The quantitative estimate of drug-likeness (QED) is 0.794. The number of aromatic nitrogens is 2. The van der Waals surface area contributed by atoms with Crippen molar-refractivity contribution >= 4 is 5.91 Å². The fourth-order valence-electron chi connectivity index (χ4n) is 2.51. The third kappa shape index (κ3) is 2.90. The lowest BCUT2D eigenvalue weighted by molar-refractivity contribution is 0.0437. The summed E-state index contributed by atoms with van der Waals surface area (Å²) in [5.74, 6) is -0.271. The molecule has 110 valence electrons. The molecule has 0 aromatic carbocycles. The van der Waals surface area contributed by atoms with Crippen molar-refractivity contribution in [2.45, 2.75) is 45.6 Å². The van der Waals surface area contributed by atoms with Crippen LogP contribution in [0.1, 0.15) is 47.8 Å². The van der Waals surface area contributed by atoms with E-state index in [-0.39, 0.29) is 11.5 Å². The van der Waals surface area contributed by atoms with Crippen LogP contribution in [0.3, 0.4) is 0 Å². The number of aliphatic hydroxyl groups is 1. The number of aryl methyl sites for hydroxylation is 1. The number of hydrogen-bond donors (Lipinski definition) is 2. The molecule has 1 aromatic rings. The Morgan fingerprint density at radius 1 is 1.35 bits per heavy atom. The number of nitrogens with zero attached hydrogens (tertiary/aromatic N) is 2. The zero-order valence-electron chi connectivity index (χ0n) is 12.2. The van der Waals surface area contributed by atoms with Gasteiger partial charge in [-0.05, 0) is 45.6 Å². The van der Waals surface area contributed by atoms with Gasteiger partial charge in [0.2, 0.25) is 0 Å². The molecule has 2 rings (SSSR count). The highest BCUT2D eigenvalue weighted by atomic mass is 16.3. The molecule has 1 unspecified atom stereocenters. The van der Waals surface area contributed by atoms with E-state index < -0.39 is 11.2 Å². The molecule has 1 aliphatic heterocycles. The normalized spacial score (nSPS) is 23.5. The summed E-state index contributed by atoms with van der Waals surface area (Å²) in [7, 11) is 0. The Hall–Kier alpha value is -1.69. The van der Waals surface area contributed by atoms with Crippen molar-refractivity contribution in [3.8, 4) is 0 Å². The monoisotopic (exact) mass is 279 g/mol. The maximum atomic E-state index is 12.6. The third-order valence-corrected chi connectivity index (χ3v) is 4.03. The summed E-state index contributed by atoms with van der Waals surface area (Å²) >= 11 is 0. The van der Waals surface area contributed by atoms with Crippen LogP contribution in [0.25, 0.3) is 0 Å². The predicted molar refractivity (Wildman–Crippen MR) is 74.7 cm³/mol. The lowest BCUT2D eigenvalue weighted by Gasteiger charge is -2.23. The highest BCUT2D eigenvalue weighted by Gasteiger charge is 2.29. The molecule has 6 heteroatoms. The molecule has 2 N–H and O–H groups in total. The topological polar surface area (TPSA) is 86.3 Å². The van der Waals surface area contributed by atoms with Crippen molar-refractivity contribution < 1.29 is 9.90 Å². The molecule has 20 heavy (non-hydrogen) atoms. The summed E-state index contributed by atoms with van der Waals surface area (Å²) in [6.45, 7) is 6.31. The Balaban J connectivity index is 2.28. The molecule has 0 spiro atoms. The molecule has 1 saturated heterocycles. The number of aromatic amines is 1. The highest BCUT2D eigenvalue weighted by molar-refractivity contribution is 5.95. The summed E-state index contributed by atoms with van der Waals surface area (Å²) in [6.07, 6.45) is 1.93.